The number of nitrogens with zero attached hydrogens (tertiary/aromatic N) is 3. The lowest BCUT2D eigenvalue weighted by Crippen LogP contribution is -2.53. The van der Waals surface area contributed by atoms with E-state index >= 15 is 0 Å². The Balaban J connectivity index is 1.43. The van der Waals surface area contributed by atoms with Gasteiger partial charge in [0.2, 0.25) is 0 Å². The predicted octanol–water partition coefficient (Wildman–Crippen LogP) is 4.87. The first kappa shape index (κ1) is 31.4. The van der Waals surface area contributed by atoms with Crippen LogP contribution in [0.25, 0.3) is 0 Å². The molecule has 6 atom stereocenters. The Labute approximate surface area is 273 Å². The fraction of sp³-hybridized carbons (Fsp3) is 0.323. The molecule has 16 heteroatoms. The van der Waals surface area contributed by atoms with Gasteiger partial charge < -0.3 is 9.52 Å². The highest BCUT2D eigenvalue weighted by atomic mass is 35.5. The van der Waals surface area contributed by atoms with E-state index in [1.54, 1.807) is 24.3 Å². The molecule has 4 heterocycles. The highest BCUT2D eigenvalue weighted by molar-refractivity contribution is 6.33. The number of hydrogen-bond donors (Lipinski definition) is 3. The Bertz CT molecular complexity index is 1880. The van der Waals surface area contributed by atoms with E-state index in [1.165, 1.54) is 18.2 Å². The third-order valence-electron chi connectivity index (χ3n) is 9.66. The topological polar surface area (TPSA) is 153 Å². The molecule has 3 fully saturated rings. The molecule has 3 N–H and O–H groups in total. The fourth-order valence-electron chi connectivity index (χ4n) is 7.71. The minimum Gasteiger partial charge on any atom is -0.463 e. The Kier molecular flexibility index (Phi) is 7.28. The van der Waals surface area contributed by atoms with E-state index in [9.17, 15) is 42.7 Å². The van der Waals surface area contributed by atoms with Gasteiger partial charge in [-0.05, 0) is 54.7 Å². The number of amides is 4. The SMILES string of the molecule is O=C1C2CC=C3C(CC4C(=O)N(Nc5ncc(C(F)(F)F)cc5Cl)C(=O)C4(c4ccc(Cl)cc4)C3c3ccc(CO)o3)C2C(=O)N1O. The molecular formula is C31H23Cl2F3N4O7. The summed E-state index contributed by atoms with van der Waals surface area (Å²) >= 11 is 12.4. The standard InChI is InChI=1S/C31H23Cl2F3N4O7/c32-15-3-1-13(2-4-15)30-20(27(43)39(29(30)45)38-25-21(33)9-14(11-37-25)31(34,35)36)10-19-17(24(30)22-8-5-16(12-41)47-22)6-7-18-23(19)28(44)40(46)26(18)42/h1-6,8-9,11,18-20,23-24,41,46H,7,10,12H2,(H,37,38). The lowest BCUT2D eigenvalue weighted by molar-refractivity contribution is -0.173. The number of halogens is 5. The van der Waals surface area contributed by atoms with Gasteiger partial charge in [-0.3, -0.25) is 29.8 Å². The Morgan fingerprint density at radius 1 is 1.02 bits per heavy atom. The number of hydrogen-bond acceptors (Lipinski definition) is 9. The highest BCUT2D eigenvalue weighted by Gasteiger charge is 2.71. The number of hydrazine groups is 1. The summed E-state index contributed by atoms with van der Waals surface area (Å²) in [7, 11) is 0. The van der Waals surface area contributed by atoms with Crippen LogP contribution in [-0.2, 0) is 37.4 Å². The summed E-state index contributed by atoms with van der Waals surface area (Å²) in [5.41, 5.74) is 0.458. The van der Waals surface area contributed by atoms with Gasteiger partial charge in [0.25, 0.3) is 23.6 Å². The van der Waals surface area contributed by atoms with Crippen molar-refractivity contribution >= 4 is 52.6 Å². The molecule has 244 valence electrons. The van der Waals surface area contributed by atoms with Crippen LogP contribution in [0, 0.1) is 23.7 Å². The minimum absolute atomic E-state index is 0.0543. The van der Waals surface area contributed by atoms with Gasteiger partial charge in [0.1, 0.15) is 23.5 Å². The van der Waals surface area contributed by atoms with Crippen molar-refractivity contribution in [3.63, 3.8) is 0 Å². The van der Waals surface area contributed by atoms with Crippen LogP contribution in [0.2, 0.25) is 10.0 Å². The van der Waals surface area contributed by atoms with Crippen molar-refractivity contribution in [2.24, 2.45) is 23.7 Å². The zero-order chi connectivity index (χ0) is 33.6. The molecular weight excluding hydrogens is 668 g/mol. The van der Waals surface area contributed by atoms with Crippen LogP contribution >= 0.6 is 23.2 Å². The van der Waals surface area contributed by atoms with Crippen LogP contribution in [0.3, 0.4) is 0 Å². The maximum Gasteiger partial charge on any atom is 0.417 e. The molecule has 11 nitrogen and oxygen atoms in total. The number of carbonyl (C=O) groups is 4. The summed E-state index contributed by atoms with van der Waals surface area (Å²) in [5.74, 6) is -8.36. The number of aliphatic hydroxyl groups excluding tert-OH is 1. The van der Waals surface area contributed by atoms with E-state index < -0.39 is 87.8 Å². The van der Waals surface area contributed by atoms with Crippen LogP contribution in [0.1, 0.15) is 41.4 Å². The van der Waals surface area contributed by atoms with Gasteiger partial charge in [0.15, 0.2) is 5.82 Å². The second kappa shape index (κ2) is 10.9. The molecule has 1 aromatic carbocycles. The van der Waals surface area contributed by atoms with Gasteiger partial charge in [-0.1, -0.05) is 47.0 Å². The number of fused-ring (bicyclic) bond motifs is 4. The molecule has 2 saturated heterocycles. The first-order valence-electron chi connectivity index (χ1n) is 14.4. The number of anilines is 1. The number of alkyl halides is 3. The van der Waals surface area contributed by atoms with Gasteiger partial charge in [0.05, 0.1) is 34.3 Å². The van der Waals surface area contributed by atoms with Crippen molar-refractivity contribution in [3.8, 4) is 0 Å². The summed E-state index contributed by atoms with van der Waals surface area (Å²) in [6.45, 7) is -0.484. The summed E-state index contributed by atoms with van der Waals surface area (Å²) in [6, 6.07) is 9.85. The number of imide groups is 2. The monoisotopic (exact) mass is 690 g/mol. The number of hydroxylamine groups is 2. The van der Waals surface area contributed by atoms with Gasteiger partial charge in [-0.15, -0.1) is 0 Å². The first-order chi connectivity index (χ1) is 22.3. The number of aromatic nitrogens is 1. The largest absolute Gasteiger partial charge is 0.463 e. The number of allylic oxidation sites excluding steroid dienone is 2. The third-order valence-corrected chi connectivity index (χ3v) is 10.2. The van der Waals surface area contributed by atoms with Crippen LogP contribution in [0.4, 0.5) is 19.0 Å². The van der Waals surface area contributed by atoms with E-state index in [4.69, 9.17) is 27.6 Å². The van der Waals surface area contributed by atoms with Crippen molar-refractivity contribution in [3.05, 3.63) is 93.0 Å². The van der Waals surface area contributed by atoms with Crippen molar-refractivity contribution in [2.75, 3.05) is 5.43 Å². The van der Waals surface area contributed by atoms with Gasteiger partial charge in [-0.25, -0.2) is 4.98 Å². The van der Waals surface area contributed by atoms with E-state index in [1.807, 2.05) is 0 Å². The van der Waals surface area contributed by atoms with Gasteiger partial charge in [0, 0.05) is 11.2 Å². The molecule has 2 aliphatic carbocycles. The predicted molar refractivity (Wildman–Crippen MR) is 155 cm³/mol. The summed E-state index contributed by atoms with van der Waals surface area (Å²) in [6.07, 6.45) is -2.59. The highest BCUT2D eigenvalue weighted by Crippen LogP contribution is 2.64. The number of carbonyl (C=O) groups excluding carboxylic acids is 4. The third kappa shape index (κ3) is 4.53. The Hall–Kier alpha value is -4.24. The molecule has 6 unspecified atom stereocenters. The lowest BCUT2D eigenvalue weighted by atomic mass is 9.50. The second-order valence-electron chi connectivity index (χ2n) is 11.9. The molecule has 4 aliphatic rings. The average molecular weight is 691 g/mol. The molecule has 3 aromatic rings. The molecule has 0 bridgehead atoms. The van der Waals surface area contributed by atoms with Gasteiger partial charge in [-0.2, -0.15) is 23.2 Å². The Morgan fingerprint density at radius 2 is 1.74 bits per heavy atom. The zero-order valence-corrected chi connectivity index (χ0v) is 25.4. The van der Waals surface area contributed by atoms with Crippen LogP contribution in [-0.4, -0.2) is 49.0 Å². The number of furan rings is 1. The molecule has 4 amide bonds. The van der Waals surface area contributed by atoms with Crippen molar-refractivity contribution in [2.45, 2.75) is 37.0 Å². The molecule has 47 heavy (non-hydrogen) atoms. The first-order valence-corrected chi connectivity index (χ1v) is 15.1. The molecule has 2 aromatic heterocycles. The number of benzene rings is 1. The van der Waals surface area contributed by atoms with Crippen LogP contribution in [0.15, 0.2) is 64.7 Å². The zero-order valence-electron chi connectivity index (χ0n) is 23.9. The fourth-order valence-corrected chi connectivity index (χ4v) is 8.04. The van der Waals surface area contributed by atoms with Crippen LogP contribution in [0.5, 0.6) is 0 Å². The number of rotatable bonds is 5. The smallest absolute Gasteiger partial charge is 0.417 e. The second-order valence-corrected chi connectivity index (χ2v) is 12.7. The average Bonchev–Trinajstić information content (AvgIpc) is 3.67. The molecule has 0 spiro atoms. The maximum absolute atomic E-state index is 14.9. The van der Waals surface area contributed by atoms with E-state index in [-0.39, 0.29) is 29.4 Å². The van der Waals surface area contributed by atoms with Crippen molar-refractivity contribution < 1.29 is 47.1 Å². The van der Waals surface area contributed by atoms with E-state index in [2.05, 4.69) is 10.4 Å². The number of pyridine rings is 1. The quantitative estimate of drug-likeness (QED) is 0.193. The normalized spacial score (nSPS) is 28.7. The molecule has 2 aliphatic heterocycles. The van der Waals surface area contributed by atoms with Gasteiger partial charge >= 0.3 is 6.18 Å². The van der Waals surface area contributed by atoms with Crippen molar-refractivity contribution in [1.29, 1.82) is 0 Å². The van der Waals surface area contributed by atoms with E-state index in [0.717, 1.165) is 0 Å². The summed E-state index contributed by atoms with van der Waals surface area (Å²) in [5, 5.41) is 20.7. The van der Waals surface area contributed by atoms with Crippen LogP contribution < -0.4 is 5.43 Å². The number of nitrogens with one attached hydrogen (secondary N) is 1. The summed E-state index contributed by atoms with van der Waals surface area (Å²) in [4.78, 5) is 59.1. The maximum atomic E-state index is 14.9. The molecule has 0 radical (unpaired) electrons. The summed E-state index contributed by atoms with van der Waals surface area (Å²) < 4.78 is 45.9. The lowest BCUT2D eigenvalue weighted by Gasteiger charge is -2.49. The Morgan fingerprint density at radius 3 is 2.38 bits per heavy atom. The molecule has 7 rings (SSSR count). The minimum atomic E-state index is -4.75. The van der Waals surface area contributed by atoms with E-state index in [0.29, 0.717) is 33.4 Å². The van der Waals surface area contributed by atoms with Crippen molar-refractivity contribution in [1.82, 2.24) is 15.1 Å². The number of aliphatic hydroxyl groups is 1. The molecule has 1 saturated carbocycles.